The van der Waals surface area contributed by atoms with E-state index in [1.54, 1.807) is 14.2 Å². The summed E-state index contributed by atoms with van der Waals surface area (Å²) in [5.74, 6) is 1.91. The lowest BCUT2D eigenvalue weighted by molar-refractivity contribution is -0.122. The molecule has 0 aliphatic carbocycles. The van der Waals surface area contributed by atoms with E-state index >= 15 is 0 Å². The molecule has 3 rings (SSSR count). The Kier molecular flexibility index (Phi) is 7.38. The van der Waals surface area contributed by atoms with Gasteiger partial charge in [0.25, 0.3) is 0 Å². The number of carbonyl (C=O) groups is 1. The molecule has 0 unspecified atom stereocenters. The molecule has 1 amide bonds. The molecule has 1 aliphatic heterocycles. The Morgan fingerprint density at radius 2 is 1.77 bits per heavy atom. The molecule has 0 saturated heterocycles. The van der Waals surface area contributed by atoms with Crippen LogP contribution in [0, 0.1) is 5.92 Å². The molecule has 0 bridgehead atoms. The predicted molar refractivity (Wildman–Crippen MR) is 120 cm³/mol. The van der Waals surface area contributed by atoms with Gasteiger partial charge in [0.05, 0.1) is 20.3 Å². The Morgan fingerprint density at radius 3 is 2.40 bits per heavy atom. The average Bonchev–Trinajstić information content (AvgIpc) is 2.72. The summed E-state index contributed by atoms with van der Waals surface area (Å²) >= 11 is 0. The van der Waals surface area contributed by atoms with Crippen molar-refractivity contribution < 1.29 is 14.3 Å². The summed E-state index contributed by atoms with van der Waals surface area (Å²) in [6.07, 6.45) is 1.47. The molecule has 5 heteroatoms. The Balaban J connectivity index is 1.95. The quantitative estimate of drug-likeness (QED) is 0.703. The molecule has 0 spiro atoms. The summed E-state index contributed by atoms with van der Waals surface area (Å²) in [6.45, 7) is 8.00. The van der Waals surface area contributed by atoms with Crippen molar-refractivity contribution in [3.05, 3.63) is 59.2 Å². The van der Waals surface area contributed by atoms with Crippen LogP contribution >= 0.6 is 0 Å². The van der Waals surface area contributed by atoms with E-state index in [-0.39, 0.29) is 18.0 Å². The zero-order chi connectivity index (χ0) is 21.7. The maximum atomic E-state index is 12.5. The number of nitrogens with zero attached hydrogens (tertiary/aromatic N) is 1. The number of ether oxygens (including phenoxy) is 2. The Bertz CT molecular complexity index is 851. The molecule has 1 aliphatic rings. The lowest BCUT2D eigenvalue weighted by atomic mass is 9.87. The van der Waals surface area contributed by atoms with Crippen LogP contribution < -0.4 is 14.8 Å². The van der Waals surface area contributed by atoms with Gasteiger partial charge in [-0.2, -0.15) is 0 Å². The molecule has 0 aromatic heterocycles. The first-order valence-corrected chi connectivity index (χ1v) is 10.7. The third kappa shape index (κ3) is 5.14. The Morgan fingerprint density at radius 1 is 1.10 bits per heavy atom. The van der Waals surface area contributed by atoms with Crippen LogP contribution in [0.4, 0.5) is 0 Å². The van der Waals surface area contributed by atoms with E-state index in [0.717, 1.165) is 31.0 Å². The minimum absolute atomic E-state index is 0.0305. The molecule has 0 radical (unpaired) electrons. The maximum Gasteiger partial charge on any atom is 0.220 e. The molecule has 1 heterocycles. The topological polar surface area (TPSA) is 50.8 Å². The van der Waals surface area contributed by atoms with Crippen molar-refractivity contribution in [1.29, 1.82) is 0 Å². The van der Waals surface area contributed by atoms with E-state index < -0.39 is 0 Å². The molecular formula is C25H34N2O3. The van der Waals surface area contributed by atoms with E-state index in [1.165, 1.54) is 16.7 Å². The van der Waals surface area contributed by atoms with E-state index in [0.29, 0.717) is 12.3 Å². The highest BCUT2D eigenvalue weighted by Crippen LogP contribution is 2.40. The third-order valence-corrected chi connectivity index (χ3v) is 5.71. The van der Waals surface area contributed by atoms with Crippen LogP contribution in [0.3, 0.4) is 0 Å². The molecule has 0 fully saturated rings. The van der Waals surface area contributed by atoms with Gasteiger partial charge in [0.2, 0.25) is 5.91 Å². The van der Waals surface area contributed by atoms with Gasteiger partial charge in [0.15, 0.2) is 11.5 Å². The van der Waals surface area contributed by atoms with Gasteiger partial charge in [-0.1, -0.05) is 44.2 Å². The lowest BCUT2D eigenvalue weighted by Crippen LogP contribution is -2.47. The smallest absolute Gasteiger partial charge is 0.220 e. The highest BCUT2D eigenvalue weighted by molar-refractivity contribution is 5.76. The van der Waals surface area contributed by atoms with E-state index in [9.17, 15) is 4.79 Å². The summed E-state index contributed by atoms with van der Waals surface area (Å²) in [6, 6.07) is 14.7. The number of hydrogen-bond acceptors (Lipinski definition) is 4. The fourth-order valence-corrected chi connectivity index (χ4v) is 4.37. The molecule has 0 saturated carbocycles. The summed E-state index contributed by atoms with van der Waals surface area (Å²) < 4.78 is 11.1. The monoisotopic (exact) mass is 410 g/mol. The first kappa shape index (κ1) is 22.2. The van der Waals surface area contributed by atoms with Crippen molar-refractivity contribution in [2.45, 2.75) is 52.2 Å². The number of amides is 1. The third-order valence-electron chi connectivity index (χ3n) is 5.71. The minimum atomic E-state index is -0.0305. The van der Waals surface area contributed by atoms with Gasteiger partial charge in [-0.25, -0.2) is 0 Å². The number of carbonyl (C=O) groups excluding carboxylic acids is 1. The number of nitrogens with one attached hydrogen (secondary N) is 1. The van der Waals surface area contributed by atoms with E-state index in [1.807, 2.05) is 6.07 Å². The van der Waals surface area contributed by atoms with Crippen LogP contribution in [0.25, 0.3) is 0 Å². The minimum Gasteiger partial charge on any atom is -0.493 e. The standard InChI is InChI=1S/C25H34N2O3/c1-17(2)13-24(28)26-18(3)25-21-15-23(30-5)22(29-4)14-20(21)11-12-27(25)16-19-9-7-6-8-10-19/h6-10,14-15,17-18,25H,11-13,16H2,1-5H3,(H,26,28)/t18-,25+/m1/s1. The Hall–Kier alpha value is -2.53. The molecule has 2 atom stereocenters. The molecule has 162 valence electrons. The first-order chi connectivity index (χ1) is 14.4. The van der Waals surface area contributed by atoms with Crippen LogP contribution in [0.15, 0.2) is 42.5 Å². The molecule has 30 heavy (non-hydrogen) atoms. The van der Waals surface area contributed by atoms with Crippen molar-refractivity contribution in [3.63, 3.8) is 0 Å². The number of fused-ring (bicyclic) bond motifs is 1. The highest BCUT2D eigenvalue weighted by Gasteiger charge is 2.33. The number of rotatable bonds is 8. The van der Waals surface area contributed by atoms with Crippen molar-refractivity contribution in [2.75, 3.05) is 20.8 Å². The fourth-order valence-electron chi connectivity index (χ4n) is 4.37. The molecule has 1 N–H and O–H groups in total. The second-order valence-corrected chi connectivity index (χ2v) is 8.51. The normalized spacial score (nSPS) is 17.3. The molecule has 5 nitrogen and oxygen atoms in total. The molecule has 2 aromatic rings. The second kappa shape index (κ2) is 9.98. The van der Waals surface area contributed by atoms with Gasteiger partial charge in [0, 0.05) is 25.6 Å². The van der Waals surface area contributed by atoms with Gasteiger partial charge in [-0.15, -0.1) is 0 Å². The summed E-state index contributed by atoms with van der Waals surface area (Å²) in [7, 11) is 3.33. The number of hydrogen-bond donors (Lipinski definition) is 1. The number of methoxy groups -OCH3 is 2. The lowest BCUT2D eigenvalue weighted by Gasteiger charge is -2.41. The second-order valence-electron chi connectivity index (χ2n) is 8.51. The van der Waals surface area contributed by atoms with Crippen LogP contribution in [0.2, 0.25) is 0 Å². The molecule has 2 aromatic carbocycles. The van der Waals surface area contributed by atoms with Gasteiger partial charge >= 0.3 is 0 Å². The summed E-state index contributed by atoms with van der Waals surface area (Å²) in [5, 5.41) is 3.25. The first-order valence-electron chi connectivity index (χ1n) is 10.7. The Labute approximate surface area is 180 Å². The van der Waals surface area contributed by atoms with Crippen molar-refractivity contribution in [2.24, 2.45) is 5.92 Å². The molecular weight excluding hydrogens is 376 g/mol. The zero-order valence-corrected chi connectivity index (χ0v) is 18.8. The van der Waals surface area contributed by atoms with Crippen molar-refractivity contribution >= 4 is 5.91 Å². The van der Waals surface area contributed by atoms with Crippen LogP contribution in [0.5, 0.6) is 11.5 Å². The zero-order valence-electron chi connectivity index (χ0n) is 18.8. The van der Waals surface area contributed by atoms with Crippen LogP contribution in [-0.4, -0.2) is 37.6 Å². The fraction of sp³-hybridized carbons (Fsp3) is 0.480. The average molecular weight is 411 g/mol. The van der Waals surface area contributed by atoms with Gasteiger partial charge in [-0.05, 0) is 48.1 Å². The predicted octanol–water partition coefficient (Wildman–Crippen LogP) is 4.35. The van der Waals surface area contributed by atoms with Crippen molar-refractivity contribution in [1.82, 2.24) is 10.2 Å². The number of benzene rings is 2. The largest absolute Gasteiger partial charge is 0.493 e. The maximum absolute atomic E-state index is 12.5. The van der Waals surface area contributed by atoms with Gasteiger partial charge < -0.3 is 14.8 Å². The van der Waals surface area contributed by atoms with Gasteiger partial charge in [0.1, 0.15) is 0 Å². The summed E-state index contributed by atoms with van der Waals surface area (Å²) in [4.78, 5) is 15.0. The van der Waals surface area contributed by atoms with E-state index in [4.69, 9.17) is 9.47 Å². The van der Waals surface area contributed by atoms with Crippen LogP contribution in [-0.2, 0) is 17.8 Å². The van der Waals surface area contributed by atoms with Crippen LogP contribution in [0.1, 0.15) is 49.9 Å². The van der Waals surface area contributed by atoms with Crippen molar-refractivity contribution in [3.8, 4) is 11.5 Å². The van der Waals surface area contributed by atoms with E-state index in [2.05, 4.69) is 67.4 Å². The summed E-state index contributed by atoms with van der Waals surface area (Å²) in [5.41, 5.74) is 3.73. The highest BCUT2D eigenvalue weighted by atomic mass is 16.5. The van der Waals surface area contributed by atoms with Gasteiger partial charge in [-0.3, -0.25) is 9.69 Å². The SMILES string of the molecule is COc1cc2c(cc1OC)[C@H]([C@@H](C)NC(=O)CC(C)C)N(Cc1ccccc1)CC2.